The van der Waals surface area contributed by atoms with E-state index in [1.165, 1.54) is 12.1 Å². The molecular formula is C17H16F3NO2. The van der Waals surface area contributed by atoms with Crippen molar-refractivity contribution < 1.29 is 22.7 Å². The molecule has 0 heterocycles. The minimum atomic E-state index is -4.40. The summed E-state index contributed by atoms with van der Waals surface area (Å²) in [5.74, 6) is 0.153. The molecule has 0 saturated heterocycles. The SMILES string of the molecule is C[C@H](Oc1ccccc1)C(=O)NCc1cccc(C(F)(F)F)c1. The standard InChI is InChI=1S/C17H16F3NO2/c1-12(23-15-8-3-2-4-9-15)16(22)21-11-13-6-5-7-14(10-13)17(18,19)20/h2-10,12H,11H2,1H3,(H,21,22)/t12-/m0/s1. The van der Waals surface area contributed by atoms with Crippen molar-refractivity contribution in [3.63, 3.8) is 0 Å². The summed E-state index contributed by atoms with van der Waals surface area (Å²) >= 11 is 0. The van der Waals surface area contributed by atoms with Gasteiger partial charge in [0, 0.05) is 6.54 Å². The molecule has 3 nitrogen and oxygen atoms in total. The second kappa shape index (κ2) is 7.17. The third-order valence-electron chi connectivity index (χ3n) is 3.15. The third kappa shape index (κ3) is 5.02. The number of para-hydroxylation sites is 1. The fourth-order valence-electron chi connectivity index (χ4n) is 1.95. The molecule has 0 aromatic heterocycles. The number of halogens is 3. The molecule has 0 unspecified atom stereocenters. The molecule has 0 aliphatic rings. The molecule has 0 fully saturated rings. The van der Waals surface area contributed by atoms with Crippen LogP contribution in [0.3, 0.4) is 0 Å². The lowest BCUT2D eigenvalue weighted by molar-refractivity contribution is -0.137. The van der Waals surface area contributed by atoms with Crippen molar-refractivity contribution in [2.24, 2.45) is 0 Å². The van der Waals surface area contributed by atoms with Crippen LogP contribution in [0.2, 0.25) is 0 Å². The molecule has 0 aliphatic carbocycles. The Bertz CT molecular complexity index is 656. The predicted octanol–water partition coefficient (Wildman–Crippen LogP) is 3.79. The van der Waals surface area contributed by atoms with Crippen molar-refractivity contribution in [3.05, 3.63) is 65.7 Å². The number of benzene rings is 2. The van der Waals surface area contributed by atoms with E-state index in [0.717, 1.165) is 12.1 Å². The molecule has 6 heteroatoms. The summed E-state index contributed by atoms with van der Waals surface area (Å²) in [6.07, 6.45) is -5.15. The maximum absolute atomic E-state index is 12.6. The average molecular weight is 323 g/mol. The lowest BCUT2D eigenvalue weighted by Crippen LogP contribution is -2.35. The molecule has 1 atom stereocenters. The highest BCUT2D eigenvalue weighted by atomic mass is 19.4. The van der Waals surface area contributed by atoms with Gasteiger partial charge >= 0.3 is 6.18 Å². The number of amides is 1. The Morgan fingerprint density at radius 2 is 1.83 bits per heavy atom. The molecule has 0 saturated carbocycles. The minimum Gasteiger partial charge on any atom is -0.481 e. The van der Waals surface area contributed by atoms with Gasteiger partial charge in [0.15, 0.2) is 6.10 Å². The zero-order valence-electron chi connectivity index (χ0n) is 12.4. The van der Waals surface area contributed by atoms with Gasteiger partial charge in [-0.05, 0) is 36.8 Å². The van der Waals surface area contributed by atoms with Gasteiger partial charge in [-0.2, -0.15) is 13.2 Å². The van der Waals surface area contributed by atoms with Gasteiger partial charge in [0.1, 0.15) is 5.75 Å². The van der Waals surface area contributed by atoms with Gasteiger partial charge in [0.2, 0.25) is 0 Å². The van der Waals surface area contributed by atoms with E-state index in [9.17, 15) is 18.0 Å². The molecule has 23 heavy (non-hydrogen) atoms. The zero-order chi connectivity index (χ0) is 16.9. The van der Waals surface area contributed by atoms with Crippen LogP contribution in [0.5, 0.6) is 5.75 Å². The van der Waals surface area contributed by atoms with E-state index in [0.29, 0.717) is 11.3 Å². The highest BCUT2D eigenvalue weighted by Crippen LogP contribution is 2.29. The molecule has 122 valence electrons. The average Bonchev–Trinajstić information content (AvgIpc) is 2.53. The number of rotatable bonds is 5. The van der Waals surface area contributed by atoms with E-state index in [1.807, 2.05) is 6.07 Å². The first-order valence-electron chi connectivity index (χ1n) is 7.02. The Hall–Kier alpha value is -2.50. The number of carbonyl (C=O) groups is 1. The van der Waals surface area contributed by atoms with Crippen LogP contribution >= 0.6 is 0 Å². The molecule has 2 aromatic carbocycles. The lowest BCUT2D eigenvalue weighted by Gasteiger charge is -2.15. The Morgan fingerprint density at radius 1 is 1.13 bits per heavy atom. The van der Waals surface area contributed by atoms with E-state index in [2.05, 4.69) is 5.32 Å². The molecule has 1 amide bonds. The molecule has 2 aromatic rings. The van der Waals surface area contributed by atoms with Crippen molar-refractivity contribution in [2.45, 2.75) is 25.7 Å². The van der Waals surface area contributed by atoms with Crippen LogP contribution in [0.15, 0.2) is 54.6 Å². The summed E-state index contributed by atoms with van der Waals surface area (Å²) in [6.45, 7) is 1.58. The second-order valence-electron chi connectivity index (χ2n) is 4.99. The summed E-state index contributed by atoms with van der Waals surface area (Å²) in [5.41, 5.74) is -0.363. The lowest BCUT2D eigenvalue weighted by atomic mass is 10.1. The van der Waals surface area contributed by atoms with Gasteiger partial charge in [-0.3, -0.25) is 4.79 Å². The van der Waals surface area contributed by atoms with Crippen molar-refractivity contribution >= 4 is 5.91 Å². The van der Waals surface area contributed by atoms with E-state index in [-0.39, 0.29) is 6.54 Å². The van der Waals surface area contributed by atoms with E-state index in [4.69, 9.17) is 4.74 Å². The first-order valence-corrected chi connectivity index (χ1v) is 7.02. The molecule has 2 rings (SSSR count). The molecule has 0 radical (unpaired) electrons. The quantitative estimate of drug-likeness (QED) is 0.909. The van der Waals surface area contributed by atoms with Crippen LogP contribution < -0.4 is 10.1 Å². The summed E-state index contributed by atoms with van der Waals surface area (Å²) in [4.78, 5) is 11.9. The van der Waals surface area contributed by atoms with Gasteiger partial charge < -0.3 is 10.1 Å². The number of alkyl halides is 3. The summed E-state index contributed by atoms with van der Waals surface area (Å²) < 4.78 is 43.3. The molecular weight excluding hydrogens is 307 g/mol. The smallest absolute Gasteiger partial charge is 0.416 e. The summed E-state index contributed by atoms with van der Waals surface area (Å²) in [6, 6.07) is 13.7. The second-order valence-corrected chi connectivity index (χ2v) is 4.99. The normalized spacial score (nSPS) is 12.5. The van der Waals surface area contributed by atoms with Gasteiger partial charge in [-0.1, -0.05) is 30.3 Å². The number of ether oxygens (including phenoxy) is 1. The molecule has 1 N–H and O–H groups in total. The van der Waals surface area contributed by atoms with Crippen molar-refractivity contribution in [2.75, 3.05) is 0 Å². The topological polar surface area (TPSA) is 38.3 Å². The largest absolute Gasteiger partial charge is 0.481 e. The van der Waals surface area contributed by atoms with Gasteiger partial charge in [-0.25, -0.2) is 0 Å². The third-order valence-corrected chi connectivity index (χ3v) is 3.15. The van der Waals surface area contributed by atoms with E-state index < -0.39 is 23.8 Å². The maximum Gasteiger partial charge on any atom is 0.416 e. The van der Waals surface area contributed by atoms with Crippen LogP contribution in [0.1, 0.15) is 18.1 Å². The Balaban J connectivity index is 1.91. The minimum absolute atomic E-state index is 0.00520. The first kappa shape index (κ1) is 16.9. The first-order chi connectivity index (χ1) is 10.9. The summed E-state index contributed by atoms with van der Waals surface area (Å²) in [5, 5.41) is 2.57. The number of hydrogen-bond acceptors (Lipinski definition) is 2. The van der Waals surface area contributed by atoms with E-state index >= 15 is 0 Å². The van der Waals surface area contributed by atoms with Crippen LogP contribution in [0.4, 0.5) is 13.2 Å². The van der Waals surface area contributed by atoms with Gasteiger partial charge in [0.25, 0.3) is 5.91 Å². The van der Waals surface area contributed by atoms with Gasteiger partial charge in [-0.15, -0.1) is 0 Å². The predicted molar refractivity (Wildman–Crippen MR) is 79.8 cm³/mol. The van der Waals surface area contributed by atoms with Crippen molar-refractivity contribution in [1.29, 1.82) is 0 Å². The monoisotopic (exact) mass is 323 g/mol. The molecule has 0 bridgehead atoms. The van der Waals surface area contributed by atoms with Crippen LogP contribution in [0.25, 0.3) is 0 Å². The van der Waals surface area contributed by atoms with E-state index in [1.54, 1.807) is 31.2 Å². The van der Waals surface area contributed by atoms with Crippen LogP contribution in [-0.2, 0) is 17.5 Å². The highest BCUT2D eigenvalue weighted by molar-refractivity contribution is 5.80. The number of carbonyl (C=O) groups excluding carboxylic acids is 1. The highest BCUT2D eigenvalue weighted by Gasteiger charge is 2.30. The van der Waals surface area contributed by atoms with Crippen LogP contribution in [-0.4, -0.2) is 12.0 Å². The van der Waals surface area contributed by atoms with Crippen molar-refractivity contribution in [3.8, 4) is 5.75 Å². The summed E-state index contributed by atoms with van der Waals surface area (Å²) in [7, 11) is 0. The zero-order valence-corrected chi connectivity index (χ0v) is 12.4. The number of nitrogens with one attached hydrogen (secondary N) is 1. The maximum atomic E-state index is 12.6. The Morgan fingerprint density at radius 3 is 2.48 bits per heavy atom. The van der Waals surface area contributed by atoms with Gasteiger partial charge in [0.05, 0.1) is 5.56 Å². The number of hydrogen-bond donors (Lipinski definition) is 1. The Labute approximate surface area is 132 Å². The fraction of sp³-hybridized carbons (Fsp3) is 0.235. The fourth-order valence-corrected chi connectivity index (χ4v) is 1.95. The molecule has 0 aliphatic heterocycles. The van der Waals surface area contributed by atoms with Crippen molar-refractivity contribution in [1.82, 2.24) is 5.32 Å². The van der Waals surface area contributed by atoms with Crippen LogP contribution in [0, 0.1) is 0 Å². The Kier molecular flexibility index (Phi) is 5.26. The molecule has 0 spiro atoms.